The molecule has 130 valence electrons. The Morgan fingerprint density at radius 2 is 1.84 bits per heavy atom. The van der Waals surface area contributed by atoms with Crippen LogP contribution in [-0.2, 0) is 6.54 Å². The molecule has 4 nitrogen and oxygen atoms in total. The van der Waals surface area contributed by atoms with Crippen LogP contribution in [0.3, 0.4) is 0 Å². The molecular formula is C21H24N2O2. The minimum atomic E-state index is 0.132. The summed E-state index contributed by atoms with van der Waals surface area (Å²) in [6.45, 7) is 3.84. The van der Waals surface area contributed by atoms with Crippen molar-refractivity contribution in [3.8, 4) is 5.75 Å². The van der Waals surface area contributed by atoms with Crippen LogP contribution >= 0.6 is 0 Å². The van der Waals surface area contributed by atoms with E-state index in [1.54, 1.807) is 7.11 Å². The number of hydrogen-bond donors (Lipinski definition) is 0. The van der Waals surface area contributed by atoms with Crippen molar-refractivity contribution in [2.75, 3.05) is 26.7 Å². The number of methoxy groups -OCH3 is 1. The molecule has 4 heteroatoms. The average molecular weight is 336 g/mol. The maximum Gasteiger partial charge on any atom is 0.253 e. The zero-order valence-electron chi connectivity index (χ0n) is 14.6. The summed E-state index contributed by atoms with van der Waals surface area (Å²) in [4.78, 5) is 17.3. The van der Waals surface area contributed by atoms with Crippen molar-refractivity contribution >= 4 is 5.91 Å². The lowest BCUT2D eigenvalue weighted by Gasteiger charge is -2.53. The van der Waals surface area contributed by atoms with Crippen molar-refractivity contribution in [3.05, 3.63) is 65.7 Å². The minimum absolute atomic E-state index is 0.132. The number of nitrogens with zero attached hydrogens (tertiary/aromatic N) is 2. The Kier molecular flexibility index (Phi) is 4.45. The van der Waals surface area contributed by atoms with Crippen LogP contribution in [-0.4, -0.2) is 48.5 Å². The number of fused-ring (bicyclic) bond motifs is 1. The third-order valence-corrected chi connectivity index (χ3v) is 5.51. The van der Waals surface area contributed by atoms with E-state index in [1.165, 1.54) is 5.56 Å². The lowest BCUT2D eigenvalue weighted by Crippen LogP contribution is -2.64. The molecule has 0 bridgehead atoms. The van der Waals surface area contributed by atoms with Crippen LogP contribution in [0.4, 0.5) is 0 Å². The van der Waals surface area contributed by atoms with Crippen molar-refractivity contribution in [2.24, 2.45) is 5.92 Å². The van der Waals surface area contributed by atoms with E-state index in [0.717, 1.165) is 49.8 Å². The lowest BCUT2D eigenvalue weighted by atomic mass is 9.81. The molecule has 0 aliphatic carbocycles. The molecule has 0 spiro atoms. The van der Waals surface area contributed by atoms with Gasteiger partial charge in [0.15, 0.2) is 0 Å². The zero-order chi connectivity index (χ0) is 17.2. The highest BCUT2D eigenvalue weighted by Gasteiger charge is 2.43. The van der Waals surface area contributed by atoms with Gasteiger partial charge in [-0.1, -0.05) is 30.3 Å². The molecule has 2 atom stereocenters. The fourth-order valence-electron chi connectivity index (χ4n) is 4.01. The Morgan fingerprint density at radius 1 is 1.08 bits per heavy atom. The van der Waals surface area contributed by atoms with Crippen molar-refractivity contribution in [3.63, 3.8) is 0 Å². The highest BCUT2D eigenvalue weighted by molar-refractivity contribution is 5.94. The van der Waals surface area contributed by atoms with Gasteiger partial charge in [0, 0.05) is 37.8 Å². The Hall–Kier alpha value is -2.33. The summed E-state index contributed by atoms with van der Waals surface area (Å²) < 4.78 is 5.17. The molecule has 2 aromatic carbocycles. The van der Waals surface area contributed by atoms with Gasteiger partial charge in [-0.2, -0.15) is 0 Å². The molecule has 2 aliphatic rings. The van der Waals surface area contributed by atoms with Gasteiger partial charge in [-0.3, -0.25) is 9.69 Å². The first-order valence-electron chi connectivity index (χ1n) is 8.96. The first-order chi connectivity index (χ1) is 12.2. The van der Waals surface area contributed by atoms with Crippen LogP contribution in [0, 0.1) is 5.92 Å². The van der Waals surface area contributed by atoms with Gasteiger partial charge in [-0.05, 0) is 42.2 Å². The largest absolute Gasteiger partial charge is 0.497 e. The van der Waals surface area contributed by atoms with Gasteiger partial charge in [-0.25, -0.2) is 0 Å². The molecule has 2 saturated heterocycles. The highest BCUT2D eigenvalue weighted by Crippen LogP contribution is 2.34. The SMILES string of the molecule is COc1ccc(C(=O)N2CCC3CN(Cc4ccccc4)C3C2)cc1. The zero-order valence-corrected chi connectivity index (χ0v) is 14.6. The van der Waals surface area contributed by atoms with Crippen LogP contribution in [0.25, 0.3) is 0 Å². The summed E-state index contributed by atoms with van der Waals surface area (Å²) in [6.07, 6.45) is 1.11. The number of amides is 1. The minimum Gasteiger partial charge on any atom is -0.497 e. The molecule has 2 aromatic rings. The van der Waals surface area contributed by atoms with Crippen LogP contribution in [0.5, 0.6) is 5.75 Å². The number of hydrogen-bond acceptors (Lipinski definition) is 3. The third-order valence-electron chi connectivity index (χ3n) is 5.51. The molecule has 0 radical (unpaired) electrons. The Morgan fingerprint density at radius 3 is 2.56 bits per heavy atom. The van der Waals surface area contributed by atoms with Crippen molar-refractivity contribution in [2.45, 2.75) is 19.0 Å². The van der Waals surface area contributed by atoms with Gasteiger partial charge in [0.25, 0.3) is 5.91 Å². The Balaban J connectivity index is 1.40. The Labute approximate surface area is 149 Å². The van der Waals surface area contributed by atoms with Crippen molar-refractivity contribution in [1.29, 1.82) is 0 Å². The summed E-state index contributed by atoms with van der Waals surface area (Å²) in [6, 6.07) is 18.5. The van der Waals surface area contributed by atoms with Crippen LogP contribution in [0.15, 0.2) is 54.6 Å². The first kappa shape index (κ1) is 16.2. The summed E-state index contributed by atoms with van der Waals surface area (Å²) in [5.74, 6) is 1.65. The number of likely N-dealkylation sites (tertiary alicyclic amines) is 2. The standard InChI is InChI=1S/C21H24N2O2/c1-25-19-9-7-17(8-10-19)21(24)22-12-11-18-14-23(20(18)15-22)13-16-5-3-2-4-6-16/h2-10,18,20H,11-15H2,1H3. The van der Waals surface area contributed by atoms with E-state index < -0.39 is 0 Å². The second-order valence-electron chi connectivity index (χ2n) is 7.01. The lowest BCUT2D eigenvalue weighted by molar-refractivity contribution is -0.0427. The first-order valence-corrected chi connectivity index (χ1v) is 8.96. The molecule has 1 amide bonds. The molecule has 25 heavy (non-hydrogen) atoms. The number of carbonyl (C=O) groups excluding carboxylic acids is 1. The van der Waals surface area contributed by atoms with Crippen molar-refractivity contribution < 1.29 is 9.53 Å². The molecule has 2 unspecified atom stereocenters. The van der Waals surface area contributed by atoms with E-state index in [2.05, 4.69) is 35.2 Å². The maximum atomic E-state index is 12.8. The van der Waals surface area contributed by atoms with E-state index in [1.807, 2.05) is 29.2 Å². The topological polar surface area (TPSA) is 32.8 Å². The molecule has 2 aliphatic heterocycles. The second-order valence-corrected chi connectivity index (χ2v) is 7.01. The van der Waals surface area contributed by atoms with E-state index in [9.17, 15) is 4.79 Å². The molecule has 4 rings (SSSR count). The van der Waals surface area contributed by atoms with Gasteiger partial charge < -0.3 is 9.64 Å². The fourth-order valence-corrected chi connectivity index (χ4v) is 4.01. The Bertz CT molecular complexity index is 729. The van der Waals surface area contributed by atoms with Gasteiger partial charge in [0.1, 0.15) is 5.75 Å². The van der Waals surface area contributed by atoms with Gasteiger partial charge in [0.05, 0.1) is 7.11 Å². The smallest absolute Gasteiger partial charge is 0.253 e. The summed E-state index contributed by atoms with van der Waals surface area (Å²) >= 11 is 0. The van der Waals surface area contributed by atoms with E-state index in [4.69, 9.17) is 4.74 Å². The maximum absolute atomic E-state index is 12.8. The van der Waals surface area contributed by atoms with Gasteiger partial charge >= 0.3 is 0 Å². The third kappa shape index (κ3) is 3.27. The normalized spacial score (nSPS) is 22.8. The molecule has 2 fully saturated rings. The number of benzene rings is 2. The molecule has 0 N–H and O–H groups in total. The van der Waals surface area contributed by atoms with Crippen LogP contribution in [0.2, 0.25) is 0 Å². The van der Waals surface area contributed by atoms with Gasteiger partial charge in [0.2, 0.25) is 0 Å². The van der Waals surface area contributed by atoms with E-state index in [0.29, 0.717) is 6.04 Å². The molecule has 0 aromatic heterocycles. The number of ether oxygens (including phenoxy) is 1. The van der Waals surface area contributed by atoms with Crippen molar-refractivity contribution in [1.82, 2.24) is 9.80 Å². The predicted molar refractivity (Wildman–Crippen MR) is 97.6 cm³/mol. The monoisotopic (exact) mass is 336 g/mol. The molecule has 2 heterocycles. The average Bonchev–Trinajstić information content (AvgIpc) is 2.66. The number of rotatable bonds is 4. The predicted octanol–water partition coefficient (Wildman–Crippen LogP) is 3.04. The molecule has 0 saturated carbocycles. The summed E-state index contributed by atoms with van der Waals surface area (Å²) in [7, 11) is 1.64. The number of carbonyl (C=O) groups is 1. The summed E-state index contributed by atoms with van der Waals surface area (Å²) in [5, 5.41) is 0. The summed E-state index contributed by atoms with van der Waals surface area (Å²) in [5.41, 5.74) is 2.09. The van der Waals surface area contributed by atoms with E-state index in [-0.39, 0.29) is 5.91 Å². The van der Waals surface area contributed by atoms with E-state index >= 15 is 0 Å². The fraction of sp³-hybridized carbons (Fsp3) is 0.381. The second kappa shape index (κ2) is 6.89. The van der Waals surface area contributed by atoms with Gasteiger partial charge in [-0.15, -0.1) is 0 Å². The van der Waals surface area contributed by atoms with Crippen LogP contribution in [0.1, 0.15) is 22.3 Å². The quantitative estimate of drug-likeness (QED) is 0.860. The molecular weight excluding hydrogens is 312 g/mol. The van der Waals surface area contributed by atoms with Crippen LogP contribution < -0.4 is 4.74 Å². The highest BCUT2D eigenvalue weighted by atomic mass is 16.5. The number of piperidine rings is 1.